The second-order valence-corrected chi connectivity index (χ2v) is 5.67. The first-order valence-electron chi connectivity index (χ1n) is 2.90. The van der Waals surface area contributed by atoms with Gasteiger partial charge in [0.05, 0.1) is 22.6 Å². The average Bonchev–Trinajstić information content (AvgIpc) is 2.64. The van der Waals surface area contributed by atoms with Gasteiger partial charge in [-0.25, -0.2) is 0 Å². The van der Waals surface area contributed by atoms with Gasteiger partial charge >= 0.3 is 0 Å². The van der Waals surface area contributed by atoms with Gasteiger partial charge in [0.15, 0.2) is 0 Å². The lowest BCUT2D eigenvalue weighted by molar-refractivity contribution is 0.865. The molecule has 3 nitrogen and oxygen atoms in total. The summed E-state index contributed by atoms with van der Waals surface area (Å²) in [7, 11) is 3.91. The van der Waals surface area contributed by atoms with Crippen LogP contribution in [0.3, 0.4) is 0 Å². The highest BCUT2D eigenvalue weighted by atomic mass is 33.1. The highest BCUT2D eigenvalue weighted by molar-refractivity contribution is 8.82. The van der Waals surface area contributed by atoms with E-state index in [-0.39, 0.29) is 0 Å². The van der Waals surface area contributed by atoms with Gasteiger partial charge in [-0.05, 0) is 11.3 Å². The van der Waals surface area contributed by atoms with Crippen LogP contribution in [0, 0.1) is 0 Å². The first kappa shape index (κ1) is 9.15. The summed E-state index contributed by atoms with van der Waals surface area (Å²) >= 11 is 2.00. The Labute approximate surface area is 77.5 Å². The van der Waals surface area contributed by atoms with Crippen LogP contribution in [0.25, 0.3) is 0 Å². The molecule has 1 saturated heterocycles. The highest BCUT2D eigenvalue weighted by Gasteiger charge is 1.96. The van der Waals surface area contributed by atoms with Gasteiger partial charge in [-0.15, -0.1) is 22.0 Å². The molecule has 11 heavy (non-hydrogen) atoms. The Morgan fingerprint density at radius 2 is 1.64 bits per heavy atom. The fourth-order valence-corrected chi connectivity index (χ4v) is 4.80. The molecule has 0 aliphatic carbocycles. The fourth-order valence-electron chi connectivity index (χ4n) is 0.375. The number of hydrogen-bond donors (Lipinski definition) is 0. The van der Waals surface area contributed by atoms with Gasteiger partial charge in [0.25, 0.3) is 0 Å². The van der Waals surface area contributed by atoms with Crippen molar-refractivity contribution in [2.45, 2.75) is 0 Å². The SMILES string of the molecule is C1SCSS1.c1cnnnc1. The number of rotatable bonds is 0. The molecule has 0 saturated carbocycles. The molecule has 2 rings (SSSR count). The molecule has 2 heterocycles. The summed E-state index contributed by atoms with van der Waals surface area (Å²) in [4.78, 5) is 0. The molecule has 0 spiro atoms. The van der Waals surface area contributed by atoms with Crippen molar-refractivity contribution >= 4 is 33.3 Å². The van der Waals surface area contributed by atoms with Crippen molar-refractivity contribution in [3.8, 4) is 0 Å². The van der Waals surface area contributed by atoms with Crippen LogP contribution in [-0.2, 0) is 0 Å². The molecule has 1 aliphatic heterocycles. The Morgan fingerprint density at radius 1 is 1.00 bits per heavy atom. The van der Waals surface area contributed by atoms with Gasteiger partial charge in [0, 0.05) is 0 Å². The van der Waals surface area contributed by atoms with Crippen molar-refractivity contribution in [1.29, 1.82) is 0 Å². The van der Waals surface area contributed by atoms with E-state index >= 15 is 0 Å². The van der Waals surface area contributed by atoms with Crippen molar-refractivity contribution in [1.82, 2.24) is 15.4 Å². The zero-order valence-electron chi connectivity index (χ0n) is 5.71. The fraction of sp³-hybridized carbons (Fsp3) is 0.400. The highest BCUT2D eigenvalue weighted by Crippen LogP contribution is 2.36. The van der Waals surface area contributed by atoms with Crippen molar-refractivity contribution in [2.75, 3.05) is 10.2 Å². The first-order valence-corrected chi connectivity index (χ1v) is 6.55. The van der Waals surface area contributed by atoms with Gasteiger partial charge in [-0.1, -0.05) is 21.6 Å². The molecular weight excluding hydrogens is 198 g/mol. The van der Waals surface area contributed by atoms with Crippen molar-refractivity contribution in [3.05, 3.63) is 18.5 Å². The number of aromatic nitrogens is 3. The van der Waals surface area contributed by atoms with Gasteiger partial charge in [-0.2, -0.15) is 0 Å². The molecule has 1 fully saturated rings. The first-order chi connectivity index (χ1) is 5.50. The lowest BCUT2D eigenvalue weighted by atomic mass is 10.7. The standard InChI is InChI=1S/C3H3N3.C2H4S3/c1-2-4-6-5-3-1;1-3-2-5-4-1/h1-3H;1-2H2. The second-order valence-electron chi connectivity index (χ2n) is 1.49. The quantitative estimate of drug-likeness (QED) is 0.602. The molecule has 60 valence electrons. The Morgan fingerprint density at radius 3 is 1.82 bits per heavy atom. The summed E-state index contributed by atoms with van der Waals surface area (Å²) in [5, 5.41) is 12.7. The molecule has 6 heteroatoms. The third-order valence-corrected chi connectivity index (χ3v) is 5.26. The van der Waals surface area contributed by atoms with Crippen LogP contribution < -0.4 is 0 Å². The van der Waals surface area contributed by atoms with Gasteiger partial charge in [0.1, 0.15) is 0 Å². The Bertz CT molecular complexity index is 134. The van der Waals surface area contributed by atoms with Crippen molar-refractivity contribution < 1.29 is 0 Å². The zero-order chi connectivity index (χ0) is 7.78. The molecular formula is C5H7N3S3. The molecule has 1 aromatic heterocycles. The van der Waals surface area contributed by atoms with E-state index < -0.39 is 0 Å². The number of thioether (sulfide) groups is 1. The van der Waals surface area contributed by atoms with E-state index in [0.717, 1.165) is 0 Å². The molecule has 1 aromatic rings. The molecule has 1 aliphatic rings. The number of hydrogen-bond acceptors (Lipinski definition) is 6. The lowest BCUT2D eigenvalue weighted by Crippen LogP contribution is -1.78. The Hall–Kier alpha value is 0.0600. The minimum atomic E-state index is 1.30. The monoisotopic (exact) mass is 205 g/mol. The molecule has 0 bridgehead atoms. The van der Waals surface area contributed by atoms with Crippen LogP contribution in [0.1, 0.15) is 0 Å². The van der Waals surface area contributed by atoms with Gasteiger partial charge in [0.2, 0.25) is 0 Å². The van der Waals surface area contributed by atoms with E-state index in [1.54, 1.807) is 18.5 Å². The molecule has 0 radical (unpaired) electrons. The minimum Gasteiger partial charge on any atom is -0.139 e. The number of nitrogens with zero attached hydrogens (tertiary/aromatic N) is 3. The summed E-state index contributed by atoms with van der Waals surface area (Å²) in [6, 6.07) is 1.72. The average molecular weight is 205 g/mol. The molecule has 0 unspecified atom stereocenters. The van der Waals surface area contributed by atoms with Crippen LogP contribution in [-0.4, -0.2) is 25.6 Å². The summed E-state index contributed by atoms with van der Waals surface area (Å²) < 4.78 is 0. The van der Waals surface area contributed by atoms with E-state index in [0.29, 0.717) is 0 Å². The summed E-state index contributed by atoms with van der Waals surface area (Å²) in [5.41, 5.74) is 0. The van der Waals surface area contributed by atoms with Gasteiger partial charge in [-0.3, -0.25) is 0 Å². The van der Waals surface area contributed by atoms with E-state index in [1.807, 2.05) is 33.3 Å². The normalized spacial score (nSPS) is 15.3. The molecule has 0 amide bonds. The predicted molar refractivity (Wildman–Crippen MR) is 52.3 cm³/mol. The minimum absolute atomic E-state index is 1.30. The smallest absolute Gasteiger partial charge is 0.0529 e. The summed E-state index contributed by atoms with van der Waals surface area (Å²) in [6.45, 7) is 0. The third-order valence-electron chi connectivity index (χ3n) is 0.755. The molecule has 0 aromatic carbocycles. The maximum Gasteiger partial charge on any atom is 0.0529 e. The van der Waals surface area contributed by atoms with Crippen molar-refractivity contribution in [3.63, 3.8) is 0 Å². The van der Waals surface area contributed by atoms with Crippen LogP contribution in [0.15, 0.2) is 18.5 Å². The zero-order valence-corrected chi connectivity index (χ0v) is 8.16. The topological polar surface area (TPSA) is 38.7 Å². The van der Waals surface area contributed by atoms with Crippen LogP contribution >= 0.6 is 33.3 Å². The van der Waals surface area contributed by atoms with Gasteiger partial charge < -0.3 is 0 Å². The predicted octanol–water partition coefficient (Wildman–Crippen LogP) is 1.90. The van der Waals surface area contributed by atoms with Crippen molar-refractivity contribution in [2.24, 2.45) is 0 Å². The second kappa shape index (κ2) is 6.75. The maximum atomic E-state index is 3.42. The third kappa shape index (κ3) is 5.34. The van der Waals surface area contributed by atoms with E-state index in [2.05, 4.69) is 15.4 Å². The van der Waals surface area contributed by atoms with E-state index in [9.17, 15) is 0 Å². The van der Waals surface area contributed by atoms with Crippen LogP contribution in [0.2, 0.25) is 0 Å². The van der Waals surface area contributed by atoms with Crippen LogP contribution in [0.5, 0.6) is 0 Å². The maximum absolute atomic E-state index is 3.42. The van der Waals surface area contributed by atoms with E-state index in [4.69, 9.17) is 0 Å². The largest absolute Gasteiger partial charge is 0.139 e. The van der Waals surface area contributed by atoms with E-state index in [1.165, 1.54) is 10.2 Å². The Balaban J connectivity index is 0.000000112. The molecule has 0 N–H and O–H groups in total. The Kier molecular flexibility index (Phi) is 5.62. The lowest BCUT2D eigenvalue weighted by Gasteiger charge is -1.68. The van der Waals surface area contributed by atoms with Crippen LogP contribution in [0.4, 0.5) is 0 Å². The molecule has 0 atom stereocenters. The summed E-state index contributed by atoms with van der Waals surface area (Å²) in [6.07, 6.45) is 3.15. The summed E-state index contributed by atoms with van der Waals surface area (Å²) in [5.74, 6) is 0.